The van der Waals surface area contributed by atoms with Crippen LogP contribution in [0.5, 0.6) is 0 Å². The van der Waals surface area contributed by atoms with Crippen LogP contribution in [0.2, 0.25) is 5.02 Å². The first kappa shape index (κ1) is 15.8. The van der Waals surface area contributed by atoms with Crippen LogP contribution in [0.3, 0.4) is 0 Å². The van der Waals surface area contributed by atoms with Crippen molar-refractivity contribution in [2.45, 2.75) is 17.4 Å². The molecular weight excluding hydrogens is 301 g/mol. The van der Waals surface area contributed by atoms with Crippen LogP contribution in [-0.4, -0.2) is 36.7 Å². The molecule has 0 heterocycles. The quantitative estimate of drug-likeness (QED) is 0.738. The smallest absolute Gasteiger partial charge is 0.336 e. The first-order valence-electron chi connectivity index (χ1n) is 4.97. The summed E-state index contributed by atoms with van der Waals surface area (Å²) >= 11 is 5.59. The van der Waals surface area contributed by atoms with Crippen molar-refractivity contribution in [2.24, 2.45) is 0 Å². The minimum Gasteiger partial charge on any atom is -0.479 e. The van der Waals surface area contributed by atoms with Gasteiger partial charge in [0.25, 0.3) is 0 Å². The molecule has 3 N–H and O–H groups in total. The lowest BCUT2D eigenvalue weighted by atomic mass is 10.1. The van der Waals surface area contributed by atoms with Crippen molar-refractivity contribution in [3.05, 3.63) is 29.0 Å². The Bertz CT molecular complexity index is 582. The van der Waals surface area contributed by atoms with E-state index in [1.807, 2.05) is 0 Å². The third-order valence-corrected chi connectivity index (χ3v) is 4.16. The molecule has 0 aromatic heterocycles. The zero-order valence-electron chi connectivity index (χ0n) is 9.72. The van der Waals surface area contributed by atoms with E-state index in [2.05, 4.69) is 0 Å². The van der Waals surface area contributed by atoms with Gasteiger partial charge in [-0.15, -0.1) is 0 Å². The van der Waals surface area contributed by atoms with Gasteiger partial charge in [0.2, 0.25) is 10.0 Å². The number of carboxylic acids is 1. The van der Waals surface area contributed by atoms with E-state index in [4.69, 9.17) is 16.7 Å². The van der Waals surface area contributed by atoms with Gasteiger partial charge in [-0.3, -0.25) is 0 Å². The number of aliphatic hydroxyl groups is 1. The summed E-state index contributed by atoms with van der Waals surface area (Å²) in [6.07, 6.45) is 0. The number of benzene rings is 1. The van der Waals surface area contributed by atoms with E-state index in [1.54, 1.807) is 4.72 Å². The topological polar surface area (TPSA) is 104 Å². The molecule has 0 bridgehead atoms. The summed E-state index contributed by atoms with van der Waals surface area (Å²) in [5.74, 6) is -2.69. The van der Waals surface area contributed by atoms with Gasteiger partial charge in [0, 0.05) is 0 Å². The minimum atomic E-state index is -4.37. The monoisotopic (exact) mass is 311 g/mol. The number of carboxylic acid groups (broad SMARTS) is 1. The summed E-state index contributed by atoms with van der Waals surface area (Å²) in [5.41, 5.74) is -2.31. The van der Waals surface area contributed by atoms with E-state index in [0.29, 0.717) is 0 Å². The largest absolute Gasteiger partial charge is 0.479 e. The van der Waals surface area contributed by atoms with Crippen LogP contribution in [0, 0.1) is 5.82 Å². The third kappa shape index (κ3) is 3.63. The third-order valence-electron chi connectivity index (χ3n) is 2.25. The molecular formula is C10H11ClFNO5S. The molecule has 0 fully saturated rings. The average molecular weight is 312 g/mol. The predicted octanol–water partition coefficient (Wildman–Crippen LogP) is 0.593. The fourth-order valence-electron chi connectivity index (χ4n) is 1.12. The Morgan fingerprint density at radius 3 is 2.58 bits per heavy atom. The highest BCUT2D eigenvalue weighted by Gasteiger charge is 2.33. The van der Waals surface area contributed by atoms with Gasteiger partial charge in [-0.2, -0.15) is 0 Å². The number of nitrogens with one attached hydrogen (secondary N) is 1. The van der Waals surface area contributed by atoms with E-state index < -0.39 is 38.9 Å². The SMILES string of the molecule is CC(O)(CNS(=O)(=O)c1c(F)cccc1Cl)C(=O)O. The number of halogens is 2. The van der Waals surface area contributed by atoms with Crippen LogP contribution in [0.4, 0.5) is 4.39 Å². The Labute approximate surface area is 113 Å². The molecule has 9 heteroatoms. The summed E-state index contributed by atoms with van der Waals surface area (Å²) in [6.45, 7) is 0.0795. The van der Waals surface area contributed by atoms with E-state index >= 15 is 0 Å². The molecule has 1 aromatic carbocycles. The Kier molecular flexibility index (Phi) is 4.51. The molecule has 0 spiro atoms. The van der Waals surface area contributed by atoms with Crippen molar-refractivity contribution in [3.8, 4) is 0 Å². The van der Waals surface area contributed by atoms with Gasteiger partial charge >= 0.3 is 5.97 Å². The lowest BCUT2D eigenvalue weighted by Crippen LogP contribution is -2.46. The van der Waals surface area contributed by atoms with Gasteiger partial charge in [-0.25, -0.2) is 22.3 Å². The summed E-state index contributed by atoms with van der Waals surface area (Å²) in [4.78, 5) is 9.83. The summed E-state index contributed by atoms with van der Waals surface area (Å²) < 4.78 is 38.8. The Balaban J connectivity index is 3.04. The number of rotatable bonds is 5. The second-order valence-corrected chi connectivity index (χ2v) is 6.07. The Morgan fingerprint density at radius 1 is 1.53 bits per heavy atom. The van der Waals surface area contributed by atoms with Crippen molar-refractivity contribution in [3.63, 3.8) is 0 Å². The highest BCUT2D eigenvalue weighted by molar-refractivity contribution is 7.89. The number of aliphatic carboxylic acids is 1. The van der Waals surface area contributed by atoms with Crippen molar-refractivity contribution in [1.29, 1.82) is 0 Å². The van der Waals surface area contributed by atoms with Gasteiger partial charge in [0.05, 0.1) is 11.6 Å². The maximum absolute atomic E-state index is 13.4. The zero-order valence-corrected chi connectivity index (χ0v) is 11.3. The van der Waals surface area contributed by atoms with Crippen molar-refractivity contribution in [1.82, 2.24) is 4.72 Å². The van der Waals surface area contributed by atoms with Crippen molar-refractivity contribution in [2.75, 3.05) is 6.54 Å². The van der Waals surface area contributed by atoms with E-state index in [-0.39, 0.29) is 5.02 Å². The van der Waals surface area contributed by atoms with Crippen LogP contribution in [0.15, 0.2) is 23.1 Å². The molecule has 6 nitrogen and oxygen atoms in total. The van der Waals surface area contributed by atoms with Gasteiger partial charge in [0.15, 0.2) is 5.60 Å². The number of sulfonamides is 1. The average Bonchev–Trinajstić information content (AvgIpc) is 2.26. The van der Waals surface area contributed by atoms with Crippen LogP contribution in [0.1, 0.15) is 6.92 Å². The minimum absolute atomic E-state index is 0.345. The van der Waals surface area contributed by atoms with E-state index in [1.165, 1.54) is 12.1 Å². The summed E-state index contributed by atoms with van der Waals surface area (Å²) in [7, 11) is -4.37. The van der Waals surface area contributed by atoms with Gasteiger partial charge in [0.1, 0.15) is 10.7 Å². The normalized spacial score (nSPS) is 14.9. The first-order valence-corrected chi connectivity index (χ1v) is 6.83. The summed E-state index contributed by atoms with van der Waals surface area (Å²) in [6, 6.07) is 3.30. The molecule has 0 radical (unpaired) electrons. The van der Waals surface area contributed by atoms with E-state index in [9.17, 15) is 22.7 Å². The second-order valence-electron chi connectivity index (χ2n) is 3.95. The lowest BCUT2D eigenvalue weighted by molar-refractivity contribution is -0.155. The number of carbonyl (C=O) groups is 1. The van der Waals surface area contributed by atoms with Crippen molar-refractivity contribution < 1.29 is 27.8 Å². The molecule has 0 aliphatic carbocycles. The number of hydrogen-bond acceptors (Lipinski definition) is 4. The highest BCUT2D eigenvalue weighted by atomic mass is 35.5. The molecule has 19 heavy (non-hydrogen) atoms. The van der Waals surface area contributed by atoms with Crippen LogP contribution >= 0.6 is 11.6 Å². The van der Waals surface area contributed by atoms with Gasteiger partial charge in [-0.1, -0.05) is 17.7 Å². The van der Waals surface area contributed by atoms with Gasteiger partial charge in [-0.05, 0) is 19.1 Å². The first-order chi connectivity index (χ1) is 8.58. The fourth-order valence-corrected chi connectivity index (χ4v) is 2.86. The summed E-state index contributed by atoms with van der Waals surface area (Å²) in [5, 5.41) is 17.7. The Hall–Kier alpha value is -1.22. The molecule has 106 valence electrons. The lowest BCUT2D eigenvalue weighted by Gasteiger charge is -2.18. The molecule has 0 amide bonds. The molecule has 0 saturated carbocycles. The van der Waals surface area contributed by atoms with Gasteiger partial charge < -0.3 is 10.2 Å². The number of hydrogen-bond donors (Lipinski definition) is 3. The molecule has 1 aromatic rings. The maximum atomic E-state index is 13.4. The highest BCUT2D eigenvalue weighted by Crippen LogP contribution is 2.24. The fraction of sp³-hybridized carbons (Fsp3) is 0.300. The standard InChI is InChI=1S/C10H11ClFNO5S/c1-10(16,9(14)15)5-13-19(17,18)8-6(11)3-2-4-7(8)12/h2-4,13,16H,5H2,1H3,(H,14,15). The van der Waals surface area contributed by atoms with Crippen LogP contribution in [-0.2, 0) is 14.8 Å². The zero-order chi connectivity index (χ0) is 14.8. The van der Waals surface area contributed by atoms with E-state index in [0.717, 1.165) is 13.0 Å². The maximum Gasteiger partial charge on any atom is 0.336 e. The van der Waals surface area contributed by atoms with Crippen LogP contribution in [0.25, 0.3) is 0 Å². The molecule has 1 unspecified atom stereocenters. The Morgan fingerprint density at radius 2 is 2.11 bits per heavy atom. The van der Waals surface area contributed by atoms with Crippen molar-refractivity contribution >= 4 is 27.6 Å². The molecule has 0 aliphatic heterocycles. The predicted molar refractivity (Wildman–Crippen MR) is 64.9 cm³/mol. The molecule has 1 rings (SSSR count). The molecule has 0 saturated heterocycles. The van der Waals surface area contributed by atoms with Crippen LogP contribution < -0.4 is 4.72 Å². The molecule has 1 atom stereocenters. The molecule has 0 aliphatic rings. The second kappa shape index (κ2) is 5.41.